The minimum Gasteiger partial charge on any atom is -0.497 e. The predicted molar refractivity (Wildman–Crippen MR) is 73.3 cm³/mol. The van der Waals surface area contributed by atoms with Crippen molar-refractivity contribution in [3.8, 4) is 5.75 Å². The third-order valence-electron chi connectivity index (χ3n) is 3.65. The van der Waals surface area contributed by atoms with Gasteiger partial charge in [-0.25, -0.2) is 0 Å². The van der Waals surface area contributed by atoms with E-state index >= 15 is 0 Å². The fourth-order valence-electron chi connectivity index (χ4n) is 2.27. The van der Waals surface area contributed by atoms with Crippen LogP contribution in [0.25, 0.3) is 0 Å². The molecule has 1 amide bonds. The van der Waals surface area contributed by atoms with Crippen LogP contribution in [0.15, 0.2) is 24.3 Å². The summed E-state index contributed by atoms with van der Waals surface area (Å²) in [6.45, 7) is 2.98. The van der Waals surface area contributed by atoms with Crippen LogP contribution in [0.1, 0.15) is 18.9 Å². The van der Waals surface area contributed by atoms with Crippen LogP contribution in [0, 0.1) is 11.8 Å². The molecule has 1 aliphatic rings. The highest BCUT2D eigenvalue weighted by molar-refractivity contribution is 5.89. The Hall–Kier alpha value is -2.04. The van der Waals surface area contributed by atoms with Crippen LogP contribution in [-0.4, -0.2) is 35.5 Å². The molecule has 1 saturated carbocycles. The second-order valence-electron chi connectivity index (χ2n) is 4.99. The summed E-state index contributed by atoms with van der Waals surface area (Å²) in [7, 11) is 1.61. The lowest BCUT2D eigenvalue weighted by molar-refractivity contribution is -0.142. The van der Waals surface area contributed by atoms with Crippen molar-refractivity contribution in [2.45, 2.75) is 19.9 Å². The highest BCUT2D eigenvalue weighted by Gasteiger charge is 2.49. The van der Waals surface area contributed by atoms with Gasteiger partial charge in [-0.05, 0) is 31.0 Å². The fraction of sp³-hybridized carbons (Fsp3) is 0.467. The number of methoxy groups -OCH3 is 1. The van der Waals surface area contributed by atoms with Crippen molar-refractivity contribution in [1.29, 1.82) is 0 Å². The zero-order valence-corrected chi connectivity index (χ0v) is 11.7. The predicted octanol–water partition coefficient (Wildman–Crippen LogP) is 1.76. The van der Waals surface area contributed by atoms with E-state index in [9.17, 15) is 9.59 Å². The standard InChI is InChI=1S/C15H19NO4/c1-3-16(14(17)12-8-13(12)15(18)19)9-10-4-6-11(20-2)7-5-10/h4-7,12-13H,3,8-9H2,1-2H3,(H,18,19)/t12-,13+/m1/s1. The lowest BCUT2D eigenvalue weighted by atomic mass is 10.2. The van der Waals surface area contributed by atoms with E-state index in [1.54, 1.807) is 12.0 Å². The number of aliphatic carboxylic acids is 1. The van der Waals surface area contributed by atoms with Crippen LogP contribution in [0.2, 0.25) is 0 Å². The lowest BCUT2D eigenvalue weighted by Gasteiger charge is -2.21. The normalized spacial score (nSPS) is 20.3. The Morgan fingerprint density at radius 2 is 1.95 bits per heavy atom. The summed E-state index contributed by atoms with van der Waals surface area (Å²) in [5, 5.41) is 8.89. The van der Waals surface area contributed by atoms with E-state index in [0.717, 1.165) is 11.3 Å². The monoisotopic (exact) mass is 277 g/mol. The molecule has 2 rings (SSSR count). The van der Waals surface area contributed by atoms with Crippen molar-refractivity contribution in [2.75, 3.05) is 13.7 Å². The first-order valence-corrected chi connectivity index (χ1v) is 6.71. The Kier molecular flexibility index (Phi) is 4.27. The van der Waals surface area contributed by atoms with Crippen molar-refractivity contribution in [3.63, 3.8) is 0 Å². The third-order valence-corrected chi connectivity index (χ3v) is 3.65. The van der Waals surface area contributed by atoms with Gasteiger partial charge in [0.15, 0.2) is 0 Å². The molecule has 20 heavy (non-hydrogen) atoms. The molecule has 5 nitrogen and oxygen atoms in total. The van der Waals surface area contributed by atoms with Crippen molar-refractivity contribution in [2.24, 2.45) is 11.8 Å². The third kappa shape index (κ3) is 3.10. The minimum absolute atomic E-state index is 0.0595. The summed E-state index contributed by atoms with van der Waals surface area (Å²) >= 11 is 0. The summed E-state index contributed by atoms with van der Waals surface area (Å²) in [4.78, 5) is 24.8. The average Bonchev–Trinajstić information content (AvgIpc) is 3.25. The molecule has 1 aromatic rings. The van der Waals surface area contributed by atoms with E-state index in [1.165, 1.54) is 0 Å². The van der Waals surface area contributed by atoms with E-state index in [0.29, 0.717) is 19.5 Å². The van der Waals surface area contributed by atoms with E-state index in [4.69, 9.17) is 9.84 Å². The number of carbonyl (C=O) groups excluding carboxylic acids is 1. The van der Waals surface area contributed by atoms with Gasteiger partial charge in [-0.1, -0.05) is 12.1 Å². The Labute approximate surface area is 118 Å². The van der Waals surface area contributed by atoms with Gasteiger partial charge in [0, 0.05) is 13.1 Å². The SMILES string of the molecule is CCN(Cc1ccc(OC)cc1)C(=O)[C@@H]1C[C@@H]1C(=O)O. The largest absolute Gasteiger partial charge is 0.497 e. The molecular formula is C15H19NO4. The Bertz CT molecular complexity index is 497. The zero-order chi connectivity index (χ0) is 14.7. The van der Waals surface area contributed by atoms with Crippen LogP contribution in [0.3, 0.4) is 0 Å². The Morgan fingerprint density at radius 3 is 2.40 bits per heavy atom. The average molecular weight is 277 g/mol. The minimum atomic E-state index is -0.871. The zero-order valence-electron chi connectivity index (χ0n) is 11.7. The van der Waals surface area contributed by atoms with Gasteiger partial charge >= 0.3 is 5.97 Å². The van der Waals surface area contributed by atoms with Crippen LogP contribution >= 0.6 is 0 Å². The molecule has 5 heteroatoms. The smallest absolute Gasteiger partial charge is 0.307 e. The number of carboxylic acid groups (broad SMARTS) is 1. The molecule has 1 aliphatic carbocycles. The van der Waals surface area contributed by atoms with Gasteiger partial charge < -0.3 is 14.7 Å². The van der Waals surface area contributed by atoms with Crippen LogP contribution < -0.4 is 4.74 Å². The summed E-state index contributed by atoms with van der Waals surface area (Å²) in [6, 6.07) is 7.53. The molecule has 2 atom stereocenters. The summed E-state index contributed by atoms with van der Waals surface area (Å²) in [5.41, 5.74) is 1.01. The molecule has 1 aromatic carbocycles. The Morgan fingerprint density at radius 1 is 1.30 bits per heavy atom. The second kappa shape index (κ2) is 5.94. The van der Waals surface area contributed by atoms with E-state index in [-0.39, 0.29) is 11.8 Å². The van der Waals surface area contributed by atoms with Crippen molar-refractivity contribution < 1.29 is 19.4 Å². The number of carboxylic acids is 1. The highest BCUT2D eigenvalue weighted by atomic mass is 16.5. The first kappa shape index (κ1) is 14.4. The molecule has 0 radical (unpaired) electrons. The van der Waals surface area contributed by atoms with Gasteiger partial charge in [-0.15, -0.1) is 0 Å². The van der Waals surface area contributed by atoms with Gasteiger partial charge in [-0.2, -0.15) is 0 Å². The highest BCUT2D eigenvalue weighted by Crippen LogP contribution is 2.40. The van der Waals surface area contributed by atoms with Gasteiger partial charge in [0.2, 0.25) is 5.91 Å². The fourth-order valence-corrected chi connectivity index (χ4v) is 2.27. The van der Waals surface area contributed by atoms with Gasteiger partial charge in [0.25, 0.3) is 0 Å². The topological polar surface area (TPSA) is 66.8 Å². The maximum Gasteiger partial charge on any atom is 0.307 e. The van der Waals surface area contributed by atoms with E-state index in [1.807, 2.05) is 31.2 Å². The second-order valence-corrected chi connectivity index (χ2v) is 4.99. The number of nitrogens with zero attached hydrogens (tertiary/aromatic N) is 1. The van der Waals surface area contributed by atoms with Crippen molar-refractivity contribution in [1.82, 2.24) is 4.90 Å². The Balaban J connectivity index is 1.98. The number of hydrogen-bond acceptors (Lipinski definition) is 3. The molecule has 0 aromatic heterocycles. The molecule has 0 saturated heterocycles. The number of carbonyl (C=O) groups is 2. The van der Waals surface area contributed by atoms with Crippen LogP contribution in [-0.2, 0) is 16.1 Å². The van der Waals surface area contributed by atoms with Crippen molar-refractivity contribution in [3.05, 3.63) is 29.8 Å². The van der Waals surface area contributed by atoms with Crippen molar-refractivity contribution >= 4 is 11.9 Å². The van der Waals surface area contributed by atoms with Gasteiger partial charge in [0.05, 0.1) is 18.9 Å². The van der Waals surface area contributed by atoms with Gasteiger partial charge in [-0.3, -0.25) is 9.59 Å². The van der Waals surface area contributed by atoms with Crippen LogP contribution in [0.5, 0.6) is 5.75 Å². The molecule has 0 unspecified atom stereocenters. The van der Waals surface area contributed by atoms with E-state index < -0.39 is 11.9 Å². The molecule has 0 aliphatic heterocycles. The van der Waals surface area contributed by atoms with Gasteiger partial charge in [0.1, 0.15) is 5.75 Å². The number of hydrogen-bond donors (Lipinski definition) is 1. The van der Waals surface area contributed by atoms with Crippen LogP contribution in [0.4, 0.5) is 0 Å². The first-order chi connectivity index (χ1) is 9.56. The molecule has 0 spiro atoms. The number of benzene rings is 1. The molecule has 1 N–H and O–H groups in total. The summed E-state index contributed by atoms with van der Waals surface area (Å²) in [6.07, 6.45) is 0.466. The maximum atomic E-state index is 12.2. The molecule has 0 bridgehead atoms. The lowest BCUT2D eigenvalue weighted by Crippen LogP contribution is -2.32. The molecule has 108 valence electrons. The first-order valence-electron chi connectivity index (χ1n) is 6.71. The summed E-state index contributed by atoms with van der Waals surface area (Å²) < 4.78 is 5.09. The quantitative estimate of drug-likeness (QED) is 0.860. The molecular weight excluding hydrogens is 258 g/mol. The maximum absolute atomic E-state index is 12.2. The number of amides is 1. The number of ether oxygens (including phenoxy) is 1. The number of rotatable bonds is 6. The molecule has 1 fully saturated rings. The molecule has 0 heterocycles. The van der Waals surface area contributed by atoms with E-state index in [2.05, 4.69) is 0 Å². The summed E-state index contributed by atoms with van der Waals surface area (Å²) in [5.74, 6) is -0.992.